The Kier molecular flexibility index (Phi) is 11.3. The van der Waals surface area contributed by atoms with Crippen LogP contribution in [0.25, 0.3) is 0 Å². The third kappa shape index (κ3) is 10.4. The molecule has 2 nitrogen and oxygen atoms in total. The molecule has 1 unspecified atom stereocenters. The monoisotopic (exact) mass is 230 g/mol. The van der Waals surface area contributed by atoms with Gasteiger partial charge < -0.3 is 9.47 Å². The van der Waals surface area contributed by atoms with Crippen molar-refractivity contribution in [1.29, 1.82) is 0 Å². The van der Waals surface area contributed by atoms with Crippen molar-refractivity contribution in [3.63, 3.8) is 0 Å². The van der Waals surface area contributed by atoms with Crippen molar-refractivity contribution < 1.29 is 9.47 Å². The molecule has 0 bridgehead atoms. The first kappa shape index (κ1) is 15.9. The second-order valence-corrected chi connectivity index (χ2v) is 4.87. The van der Waals surface area contributed by atoms with Crippen LogP contribution in [0, 0.1) is 5.92 Å². The Morgan fingerprint density at radius 1 is 0.812 bits per heavy atom. The molecular weight excluding hydrogens is 200 g/mol. The van der Waals surface area contributed by atoms with Crippen molar-refractivity contribution in [2.45, 2.75) is 65.9 Å². The molecule has 0 aliphatic carbocycles. The molecule has 16 heavy (non-hydrogen) atoms. The third-order valence-electron chi connectivity index (χ3n) is 2.56. The second-order valence-electron chi connectivity index (χ2n) is 4.87. The van der Waals surface area contributed by atoms with Crippen LogP contribution in [0.3, 0.4) is 0 Å². The zero-order valence-electron chi connectivity index (χ0n) is 11.6. The highest BCUT2D eigenvalue weighted by Gasteiger charge is 2.09. The van der Waals surface area contributed by atoms with Crippen molar-refractivity contribution in [3.05, 3.63) is 0 Å². The lowest BCUT2D eigenvalue weighted by atomic mass is 10.0. The molecule has 0 saturated heterocycles. The summed E-state index contributed by atoms with van der Waals surface area (Å²) in [6.07, 6.45) is 6.09. The Morgan fingerprint density at radius 3 is 2.06 bits per heavy atom. The maximum absolute atomic E-state index is 5.84. The van der Waals surface area contributed by atoms with Crippen LogP contribution < -0.4 is 0 Å². The Morgan fingerprint density at radius 2 is 1.50 bits per heavy atom. The van der Waals surface area contributed by atoms with E-state index in [1.807, 2.05) is 0 Å². The molecule has 0 N–H and O–H groups in total. The molecule has 0 rings (SSSR count). The summed E-state index contributed by atoms with van der Waals surface area (Å²) in [5.41, 5.74) is 0. The summed E-state index contributed by atoms with van der Waals surface area (Å²) in [5, 5.41) is 0. The summed E-state index contributed by atoms with van der Waals surface area (Å²) >= 11 is 0. The SMILES string of the molecule is CCCOCCC(CCC(C)C)OCCC. The Hall–Kier alpha value is -0.0800. The minimum absolute atomic E-state index is 0.402. The predicted molar refractivity (Wildman–Crippen MR) is 69.8 cm³/mol. The summed E-state index contributed by atoms with van der Waals surface area (Å²) in [4.78, 5) is 0. The largest absolute Gasteiger partial charge is 0.381 e. The lowest BCUT2D eigenvalue weighted by Crippen LogP contribution is -2.17. The van der Waals surface area contributed by atoms with Crippen LogP contribution in [0.4, 0.5) is 0 Å². The fourth-order valence-electron chi connectivity index (χ4n) is 1.58. The molecule has 0 spiro atoms. The summed E-state index contributed by atoms with van der Waals surface area (Å²) < 4.78 is 11.4. The molecule has 0 amide bonds. The van der Waals surface area contributed by atoms with E-state index in [1.54, 1.807) is 0 Å². The van der Waals surface area contributed by atoms with E-state index in [1.165, 1.54) is 12.8 Å². The number of hydrogen-bond acceptors (Lipinski definition) is 2. The first-order valence-electron chi connectivity index (χ1n) is 6.90. The molecule has 98 valence electrons. The molecule has 0 saturated carbocycles. The van der Waals surface area contributed by atoms with Gasteiger partial charge in [-0.3, -0.25) is 0 Å². The highest BCUT2D eigenvalue weighted by atomic mass is 16.5. The van der Waals surface area contributed by atoms with Gasteiger partial charge in [0.15, 0.2) is 0 Å². The van der Waals surface area contributed by atoms with E-state index in [4.69, 9.17) is 9.47 Å². The van der Waals surface area contributed by atoms with Gasteiger partial charge in [0.1, 0.15) is 0 Å². The van der Waals surface area contributed by atoms with Crippen molar-refractivity contribution in [2.24, 2.45) is 5.92 Å². The van der Waals surface area contributed by atoms with Gasteiger partial charge in [0, 0.05) is 19.8 Å². The Balaban J connectivity index is 3.62. The molecule has 2 heteroatoms. The maximum atomic E-state index is 5.84. The maximum Gasteiger partial charge on any atom is 0.0597 e. The van der Waals surface area contributed by atoms with Gasteiger partial charge in [-0.05, 0) is 38.0 Å². The van der Waals surface area contributed by atoms with Crippen LogP contribution >= 0.6 is 0 Å². The minimum atomic E-state index is 0.402. The van der Waals surface area contributed by atoms with E-state index in [9.17, 15) is 0 Å². The highest BCUT2D eigenvalue weighted by molar-refractivity contribution is 4.60. The first-order chi connectivity index (χ1) is 7.70. The van der Waals surface area contributed by atoms with Gasteiger partial charge in [-0.25, -0.2) is 0 Å². The molecule has 0 aromatic carbocycles. The molecule has 0 fully saturated rings. The Bertz CT molecular complexity index is 135. The smallest absolute Gasteiger partial charge is 0.0597 e. The van der Waals surface area contributed by atoms with E-state index in [-0.39, 0.29) is 0 Å². The van der Waals surface area contributed by atoms with Gasteiger partial charge in [0.2, 0.25) is 0 Å². The predicted octanol–water partition coefficient (Wildman–Crippen LogP) is 4.03. The molecular formula is C14H30O2. The molecule has 0 aliphatic rings. The van der Waals surface area contributed by atoms with Gasteiger partial charge in [-0.2, -0.15) is 0 Å². The Labute approximate surface area is 102 Å². The topological polar surface area (TPSA) is 18.5 Å². The summed E-state index contributed by atoms with van der Waals surface area (Å²) in [6.45, 7) is 11.5. The van der Waals surface area contributed by atoms with Crippen LogP contribution in [0.1, 0.15) is 59.8 Å². The zero-order valence-corrected chi connectivity index (χ0v) is 11.6. The first-order valence-corrected chi connectivity index (χ1v) is 6.90. The van der Waals surface area contributed by atoms with Gasteiger partial charge in [0.25, 0.3) is 0 Å². The van der Waals surface area contributed by atoms with Crippen molar-refractivity contribution in [2.75, 3.05) is 19.8 Å². The average Bonchev–Trinajstić information content (AvgIpc) is 2.26. The van der Waals surface area contributed by atoms with Gasteiger partial charge in [-0.1, -0.05) is 27.7 Å². The van der Waals surface area contributed by atoms with E-state index >= 15 is 0 Å². The second kappa shape index (κ2) is 11.4. The van der Waals surface area contributed by atoms with Crippen molar-refractivity contribution >= 4 is 0 Å². The van der Waals surface area contributed by atoms with Crippen LogP contribution in [0.15, 0.2) is 0 Å². The van der Waals surface area contributed by atoms with Gasteiger partial charge in [0.05, 0.1) is 6.10 Å². The standard InChI is InChI=1S/C14H30O2/c1-5-10-15-12-9-14(16-11-6-2)8-7-13(3)4/h13-14H,5-12H2,1-4H3. The highest BCUT2D eigenvalue weighted by Crippen LogP contribution is 2.13. The fourth-order valence-corrected chi connectivity index (χ4v) is 1.58. The summed E-state index contributed by atoms with van der Waals surface area (Å²) in [7, 11) is 0. The lowest BCUT2D eigenvalue weighted by molar-refractivity contribution is 0.0143. The molecule has 0 heterocycles. The van der Waals surface area contributed by atoms with Crippen LogP contribution in [0.2, 0.25) is 0 Å². The molecule has 1 atom stereocenters. The quantitative estimate of drug-likeness (QED) is 0.499. The van der Waals surface area contributed by atoms with Crippen molar-refractivity contribution in [3.8, 4) is 0 Å². The normalized spacial score (nSPS) is 13.3. The fraction of sp³-hybridized carbons (Fsp3) is 1.00. The average molecular weight is 230 g/mol. The third-order valence-corrected chi connectivity index (χ3v) is 2.56. The van der Waals surface area contributed by atoms with E-state index in [2.05, 4.69) is 27.7 Å². The number of ether oxygens (including phenoxy) is 2. The summed E-state index contributed by atoms with van der Waals surface area (Å²) in [6, 6.07) is 0. The zero-order chi connectivity index (χ0) is 12.2. The van der Waals surface area contributed by atoms with Gasteiger partial charge in [-0.15, -0.1) is 0 Å². The van der Waals surface area contributed by atoms with E-state index in [0.29, 0.717) is 6.10 Å². The van der Waals surface area contributed by atoms with Gasteiger partial charge >= 0.3 is 0 Å². The van der Waals surface area contributed by atoms with E-state index in [0.717, 1.165) is 45.0 Å². The van der Waals surface area contributed by atoms with Crippen LogP contribution in [-0.4, -0.2) is 25.9 Å². The minimum Gasteiger partial charge on any atom is -0.381 e. The molecule has 0 radical (unpaired) electrons. The van der Waals surface area contributed by atoms with Crippen LogP contribution in [0.5, 0.6) is 0 Å². The number of rotatable bonds is 11. The van der Waals surface area contributed by atoms with E-state index < -0.39 is 0 Å². The number of hydrogen-bond donors (Lipinski definition) is 0. The van der Waals surface area contributed by atoms with Crippen LogP contribution in [-0.2, 0) is 9.47 Å². The molecule has 0 aromatic heterocycles. The lowest BCUT2D eigenvalue weighted by Gasteiger charge is -2.18. The molecule has 0 aliphatic heterocycles. The summed E-state index contributed by atoms with van der Waals surface area (Å²) in [5.74, 6) is 0.768. The molecule has 0 aromatic rings. The van der Waals surface area contributed by atoms with Crippen molar-refractivity contribution in [1.82, 2.24) is 0 Å².